The molecule has 0 spiro atoms. The van der Waals surface area contributed by atoms with E-state index in [1.54, 1.807) is 19.2 Å². The lowest BCUT2D eigenvalue weighted by Gasteiger charge is -2.19. The molecular formula is C17H19FN2O. The Balaban J connectivity index is 1.91. The fraction of sp³-hybridized carbons (Fsp3) is 0.235. The van der Waals surface area contributed by atoms with Crippen LogP contribution in [0.2, 0.25) is 0 Å². The summed E-state index contributed by atoms with van der Waals surface area (Å²) < 4.78 is 12.9. The highest BCUT2D eigenvalue weighted by Gasteiger charge is 2.13. The third kappa shape index (κ3) is 4.13. The normalized spacial score (nSPS) is 12.0. The van der Waals surface area contributed by atoms with Gasteiger partial charge >= 0.3 is 0 Å². The molecule has 0 aliphatic carbocycles. The summed E-state index contributed by atoms with van der Waals surface area (Å²) in [7, 11) is 1.68. The van der Waals surface area contributed by atoms with Crippen LogP contribution in [0, 0.1) is 5.82 Å². The molecule has 2 aromatic carbocycles. The van der Waals surface area contributed by atoms with Crippen molar-refractivity contribution < 1.29 is 9.18 Å². The van der Waals surface area contributed by atoms with Crippen LogP contribution < -0.4 is 10.6 Å². The van der Waals surface area contributed by atoms with E-state index >= 15 is 0 Å². The molecule has 0 unspecified atom stereocenters. The zero-order chi connectivity index (χ0) is 15.2. The van der Waals surface area contributed by atoms with E-state index in [4.69, 9.17) is 5.73 Å². The topological polar surface area (TPSA) is 46.3 Å². The number of nitrogens with zero attached hydrogens (tertiary/aromatic N) is 1. The number of amides is 1. The Morgan fingerprint density at radius 3 is 2.38 bits per heavy atom. The third-order valence-electron chi connectivity index (χ3n) is 3.48. The Morgan fingerprint density at radius 2 is 1.76 bits per heavy atom. The van der Waals surface area contributed by atoms with Gasteiger partial charge in [0, 0.05) is 25.2 Å². The van der Waals surface area contributed by atoms with Crippen LogP contribution in [0.5, 0.6) is 0 Å². The molecule has 1 atom stereocenters. The average molecular weight is 286 g/mol. The van der Waals surface area contributed by atoms with E-state index < -0.39 is 0 Å². The molecule has 0 aliphatic heterocycles. The summed E-state index contributed by atoms with van der Waals surface area (Å²) in [5.74, 6) is -0.348. The standard InChI is InChI=1S/C17H19FN2O/c1-20(15-9-7-14(18)8-10-15)17(21)12-11-16(19)13-5-3-2-4-6-13/h2-10,16H,11-12,19H2,1H3/t16-/m1/s1. The number of benzene rings is 2. The minimum atomic E-state index is -0.314. The molecular weight excluding hydrogens is 267 g/mol. The van der Waals surface area contributed by atoms with Gasteiger partial charge in [-0.05, 0) is 36.2 Å². The first kappa shape index (κ1) is 15.2. The Hall–Kier alpha value is -2.20. The van der Waals surface area contributed by atoms with Crippen LogP contribution in [0.25, 0.3) is 0 Å². The van der Waals surface area contributed by atoms with E-state index in [0.29, 0.717) is 18.5 Å². The monoisotopic (exact) mass is 286 g/mol. The predicted octanol–water partition coefficient (Wildman–Crippen LogP) is 3.27. The number of carbonyl (C=O) groups is 1. The molecule has 0 saturated carbocycles. The molecule has 0 bridgehead atoms. The van der Waals surface area contributed by atoms with E-state index in [1.165, 1.54) is 17.0 Å². The van der Waals surface area contributed by atoms with Crippen LogP contribution in [0.3, 0.4) is 0 Å². The first-order chi connectivity index (χ1) is 10.1. The second-order valence-corrected chi connectivity index (χ2v) is 4.99. The quantitative estimate of drug-likeness (QED) is 0.917. The minimum Gasteiger partial charge on any atom is -0.324 e. The molecule has 0 aromatic heterocycles. The number of halogens is 1. The van der Waals surface area contributed by atoms with Gasteiger partial charge in [0.15, 0.2) is 0 Å². The molecule has 0 aliphatic rings. The van der Waals surface area contributed by atoms with E-state index in [-0.39, 0.29) is 17.8 Å². The lowest BCUT2D eigenvalue weighted by atomic mass is 10.0. The van der Waals surface area contributed by atoms with Crippen molar-refractivity contribution in [3.8, 4) is 0 Å². The zero-order valence-corrected chi connectivity index (χ0v) is 12.0. The lowest BCUT2D eigenvalue weighted by Crippen LogP contribution is -2.27. The SMILES string of the molecule is CN(C(=O)CC[C@@H](N)c1ccccc1)c1ccc(F)cc1. The zero-order valence-electron chi connectivity index (χ0n) is 12.0. The maximum Gasteiger partial charge on any atom is 0.226 e. The highest BCUT2D eigenvalue weighted by atomic mass is 19.1. The number of hydrogen-bond donors (Lipinski definition) is 1. The Morgan fingerprint density at radius 1 is 1.14 bits per heavy atom. The highest BCUT2D eigenvalue weighted by molar-refractivity contribution is 5.92. The second kappa shape index (κ2) is 6.99. The van der Waals surface area contributed by atoms with Crippen molar-refractivity contribution in [1.82, 2.24) is 0 Å². The largest absolute Gasteiger partial charge is 0.324 e. The van der Waals surface area contributed by atoms with Gasteiger partial charge in [-0.3, -0.25) is 4.79 Å². The predicted molar refractivity (Wildman–Crippen MR) is 82.4 cm³/mol. The molecule has 2 rings (SSSR count). The van der Waals surface area contributed by atoms with Gasteiger partial charge < -0.3 is 10.6 Å². The fourth-order valence-corrected chi connectivity index (χ4v) is 2.12. The number of rotatable bonds is 5. The van der Waals surface area contributed by atoms with E-state index in [1.807, 2.05) is 30.3 Å². The second-order valence-electron chi connectivity index (χ2n) is 4.99. The van der Waals surface area contributed by atoms with Gasteiger partial charge in [0.1, 0.15) is 5.82 Å². The van der Waals surface area contributed by atoms with Gasteiger partial charge in [0.2, 0.25) is 5.91 Å². The molecule has 1 amide bonds. The maximum atomic E-state index is 12.9. The summed E-state index contributed by atoms with van der Waals surface area (Å²) in [4.78, 5) is 13.7. The Kier molecular flexibility index (Phi) is 5.06. The fourth-order valence-electron chi connectivity index (χ4n) is 2.12. The van der Waals surface area contributed by atoms with Crippen LogP contribution >= 0.6 is 0 Å². The third-order valence-corrected chi connectivity index (χ3v) is 3.48. The molecule has 110 valence electrons. The summed E-state index contributed by atoms with van der Waals surface area (Å²) in [6, 6.07) is 15.4. The van der Waals surface area contributed by atoms with Gasteiger partial charge in [-0.25, -0.2) is 4.39 Å². The van der Waals surface area contributed by atoms with Crippen LogP contribution in [0.15, 0.2) is 54.6 Å². The van der Waals surface area contributed by atoms with Crippen LogP contribution in [0.1, 0.15) is 24.4 Å². The van der Waals surface area contributed by atoms with E-state index in [9.17, 15) is 9.18 Å². The van der Waals surface area contributed by atoms with Gasteiger partial charge in [0.05, 0.1) is 0 Å². The lowest BCUT2D eigenvalue weighted by molar-refractivity contribution is -0.118. The van der Waals surface area contributed by atoms with Gasteiger partial charge in [-0.2, -0.15) is 0 Å². The van der Waals surface area contributed by atoms with Crippen LogP contribution in [-0.2, 0) is 4.79 Å². The van der Waals surface area contributed by atoms with Crippen molar-refractivity contribution >= 4 is 11.6 Å². The first-order valence-electron chi connectivity index (χ1n) is 6.90. The van der Waals surface area contributed by atoms with Crippen molar-refractivity contribution in [2.75, 3.05) is 11.9 Å². The Labute approximate surface area is 124 Å². The van der Waals surface area contributed by atoms with E-state index in [0.717, 1.165) is 5.56 Å². The van der Waals surface area contributed by atoms with Crippen LogP contribution in [-0.4, -0.2) is 13.0 Å². The number of anilines is 1. The molecule has 0 fully saturated rings. The number of carbonyl (C=O) groups excluding carboxylic acids is 1. The minimum absolute atomic E-state index is 0.0343. The van der Waals surface area contributed by atoms with Crippen molar-refractivity contribution in [3.63, 3.8) is 0 Å². The molecule has 21 heavy (non-hydrogen) atoms. The average Bonchev–Trinajstić information content (AvgIpc) is 2.53. The molecule has 4 heteroatoms. The maximum absolute atomic E-state index is 12.9. The summed E-state index contributed by atoms with van der Waals surface area (Å²) in [5, 5.41) is 0. The van der Waals surface area contributed by atoms with Gasteiger partial charge in [0.25, 0.3) is 0 Å². The van der Waals surface area contributed by atoms with Crippen LogP contribution in [0.4, 0.5) is 10.1 Å². The molecule has 0 radical (unpaired) electrons. The number of nitrogens with two attached hydrogens (primary N) is 1. The summed E-state index contributed by atoms with van der Waals surface area (Å²) in [6.45, 7) is 0. The van der Waals surface area contributed by atoms with Crippen molar-refractivity contribution in [2.45, 2.75) is 18.9 Å². The first-order valence-corrected chi connectivity index (χ1v) is 6.90. The molecule has 0 saturated heterocycles. The summed E-state index contributed by atoms with van der Waals surface area (Å²) in [5.41, 5.74) is 7.78. The van der Waals surface area contributed by atoms with Crippen molar-refractivity contribution in [2.24, 2.45) is 5.73 Å². The molecule has 0 heterocycles. The molecule has 2 aromatic rings. The molecule has 3 nitrogen and oxygen atoms in total. The van der Waals surface area contributed by atoms with E-state index in [2.05, 4.69) is 0 Å². The summed E-state index contributed by atoms with van der Waals surface area (Å²) in [6.07, 6.45) is 0.929. The highest BCUT2D eigenvalue weighted by Crippen LogP contribution is 2.18. The van der Waals surface area contributed by atoms with Gasteiger partial charge in [-0.15, -0.1) is 0 Å². The summed E-state index contributed by atoms with van der Waals surface area (Å²) >= 11 is 0. The molecule has 2 N–H and O–H groups in total. The van der Waals surface area contributed by atoms with Crippen molar-refractivity contribution in [1.29, 1.82) is 0 Å². The number of hydrogen-bond acceptors (Lipinski definition) is 2. The van der Waals surface area contributed by atoms with Crippen molar-refractivity contribution in [3.05, 3.63) is 66.0 Å². The smallest absolute Gasteiger partial charge is 0.226 e. The Bertz CT molecular complexity index is 583. The van der Waals surface area contributed by atoms with Gasteiger partial charge in [-0.1, -0.05) is 30.3 Å².